The van der Waals surface area contributed by atoms with E-state index in [-0.39, 0.29) is 5.91 Å². The van der Waals surface area contributed by atoms with Gasteiger partial charge in [-0.25, -0.2) is 0 Å². The summed E-state index contributed by atoms with van der Waals surface area (Å²) in [6.07, 6.45) is 2.55. The Labute approximate surface area is 181 Å². The summed E-state index contributed by atoms with van der Waals surface area (Å²) in [5.41, 5.74) is 2.30. The van der Waals surface area contributed by atoms with Crippen LogP contribution in [0.25, 0.3) is 21.7 Å². The molecule has 1 aromatic heterocycles. The molecule has 3 aromatic carbocycles. The van der Waals surface area contributed by atoms with Crippen LogP contribution in [-0.2, 0) is 11.3 Å². The first-order valence-corrected chi connectivity index (χ1v) is 10.5. The number of benzene rings is 3. The number of anilines is 1. The summed E-state index contributed by atoms with van der Waals surface area (Å²) in [4.78, 5) is 19.9. The largest absolute Gasteiger partial charge is 0.496 e. The lowest BCUT2D eigenvalue weighted by Gasteiger charge is -2.49. The van der Waals surface area contributed by atoms with E-state index in [1.165, 1.54) is 5.56 Å². The number of hydrogen-bond donors (Lipinski definition) is 1. The van der Waals surface area contributed by atoms with Crippen molar-refractivity contribution in [2.45, 2.75) is 25.4 Å². The molecule has 4 aromatic rings. The number of nitrogens with zero attached hydrogens (tertiary/aromatic N) is 2. The third-order valence-electron chi connectivity index (χ3n) is 6.46. The maximum absolute atomic E-state index is 13.2. The number of likely N-dealkylation sites (tertiary alicyclic amines) is 1. The lowest BCUT2D eigenvalue weighted by Crippen LogP contribution is -2.63. The molecule has 0 spiro atoms. The Balaban J connectivity index is 1.37. The Morgan fingerprint density at radius 2 is 1.87 bits per heavy atom. The highest BCUT2D eigenvalue weighted by atomic mass is 16.5. The van der Waals surface area contributed by atoms with Gasteiger partial charge in [-0.15, -0.1) is 0 Å². The first-order chi connectivity index (χ1) is 15.1. The SMILES string of the molecule is COc1ccc(CN2CCC2(C)C(=O)Nc2cnc3ccccc3c2)c2ccccc12. The molecule has 1 fully saturated rings. The van der Waals surface area contributed by atoms with Crippen LogP contribution in [-0.4, -0.2) is 35.0 Å². The van der Waals surface area contributed by atoms with Crippen LogP contribution in [0, 0.1) is 0 Å². The Morgan fingerprint density at radius 3 is 2.65 bits per heavy atom. The molecule has 0 saturated carbocycles. The molecule has 1 amide bonds. The minimum atomic E-state index is -0.549. The van der Waals surface area contributed by atoms with Crippen LogP contribution in [0.15, 0.2) is 72.9 Å². The zero-order valence-corrected chi connectivity index (χ0v) is 17.8. The van der Waals surface area contributed by atoms with Gasteiger partial charge in [0, 0.05) is 23.9 Å². The van der Waals surface area contributed by atoms with Crippen LogP contribution in [0.2, 0.25) is 0 Å². The molecule has 31 heavy (non-hydrogen) atoms. The van der Waals surface area contributed by atoms with E-state index >= 15 is 0 Å². The van der Waals surface area contributed by atoms with E-state index in [0.29, 0.717) is 6.54 Å². The molecule has 1 aliphatic rings. The lowest BCUT2D eigenvalue weighted by atomic mass is 9.84. The molecule has 1 N–H and O–H groups in total. The molecule has 5 nitrogen and oxygen atoms in total. The number of carbonyl (C=O) groups is 1. The van der Waals surface area contributed by atoms with Gasteiger partial charge < -0.3 is 10.1 Å². The summed E-state index contributed by atoms with van der Waals surface area (Å²) in [7, 11) is 1.69. The Morgan fingerprint density at radius 1 is 1.10 bits per heavy atom. The Bertz CT molecular complexity index is 1290. The van der Waals surface area contributed by atoms with E-state index < -0.39 is 5.54 Å². The summed E-state index contributed by atoms with van der Waals surface area (Å²) >= 11 is 0. The summed E-state index contributed by atoms with van der Waals surface area (Å²) in [6.45, 7) is 3.62. The second-order valence-electron chi connectivity index (χ2n) is 8.29. The van der Waals surface area contributed by atoms with Crippen LogP contribution in [0.5, 0.6) is 5.75 Å². The van der Waals surface area contributed by atoms with Crippen LogP contribution < -0.4 is 10.1 Å². The Kier molecular flexibility index (Phi) is 4.83. The summed E-state index contributed by atoms with van der Waals surface area (Å²) in [6, 6.07) is 22.3. The van der Waals surface area contributed by atoms with Crippen molar-refractivity contribution in [2.24, 2.45) is 0 Å². The number of amides is 1. The number of para-hydroxylation sites is 1. The minimum absolute atomic E-state index is 0.00801. The van der Waals surface area contributed by atoms with Gasteiger partial charge in [0.05, 0.1) is 30.0 Å². The van der Waals surface area contributed by atoms with Crippen molar-refractivity contribution in [1.82, 2.24) is 9.88 Å². The van der Waals surface area contributed by atoms with E-state index in [1.807, 2.05) is 55.5 Å². The molecule has 0 aliphatic carbocycles. The highest BCUT2D eigenvalue weighted by molar-refractivity contribution is 5.99. The van der Waals surface area contributed by atoms with Crippen molar-refractivity contribution in [3.05, 3.63) is 78.5 Å². The number of nitrogens with one attached hydrogen (secondary N) is 1. The standard InChI is InChI=1S/C26H25N3O2/c1-26(25(30)28-20-15-18-7-3-6-10-23(18)27-16-20)13-14-29(26)17-19-11-12-24(31-2)22-9-5-4-8-21(19)22/h3-12,15-16H,13-14,17H2,1-2H3,(H,28,30). The predicted molar refractivity (Wildman–Crippen MR) is 124 cm³/mol. The zero-order valence-electron chi connectivity index (χ0n) is 17.8. The van der Waals surface area contributed by atoms with Gasteiger partial charge in [0.1, 0.15) is 5.75 Å². The van der Waals surface area contributed by atoms with Crippen LogP contribution in [0.4, 0.5) is 5.69 Å². The molecule has 1 aliphatic heterocycles. The average molecular weight is 412 g/mol. The molecule has 2 heterocycles. The third-order valence-corrected chi connectivity index (χ3v) is 6.46. The third kappa shape index (κ3) is 3.41. The fourth-order valence-electron chi connectivity index (χ4n) is 4.38. The zero-order chi connectivity index (χ0) is 21.4. The van der Waals surface area contributed by atoms with Crippen LogP contribution >= 0.6 is 0 Å². The molecule has 0 bridgehead atoms. The van der Waals surface area contributed by atoms with Gasteiger partial charge in [-0.05, 0) is 42.5 Å². The summed E-state index contributed by atoms with van der Waals surface area (Å²) in [5, 5.41) is 6.36. The van der Waals surface area contributed by atoms with Gasteiger partial charge in [0.25, 0.3) is 0 Å². The molecule has 1 saturated heterocycles. The smallest absolute Gasteiger partial charge is 0.244 e. The predicted octanol–water partition coefficient (Wildman–Crippen LogP) is 5.00. The van der Waals surface area contributed by atoms with Crippen molar-refractivity contribution in [2.75, 3.05) is 19.0 Å². The van der Waals surface area contributed by atoms with Crippen molar-refractivity contribution in [1.29, 1.82) is 0 Å². The first kappa shape index (κ1) is 19.5. The fraction of sp³-hybridized carbons (Fsp3) is 0.231. The van der Waals surface area contributed by atoms with Gasteiger partial charge in [0.2, 0.25) is 5.91 Å². The molecule has 5 heteroatoms. The second-order valence-corrected chi connectivity index (χ2v) is 8.29. The normalized spacial score (nSPS) is 18.6. The maximum atomic E-state index is 13.2. The maximum Gasteiger partial charge on any atom is 0.244 e. The average Bonchev–Trinajstić information content (AvgIpc) is 2.81. The van der Waals surface area contributed by atoms with Crippen molar-refractivity contribution in [3.8, 4) is 5.75 Å². The van der Waals surface area contributed by atoms with Crippen LogP contribution in [0.3, 0.4) is 0 Å². The molecule has 0 radical (unpaired) electrons. The van der Waals surface area contributed by atoms with Gasteiger partial charge in [-0.1, -0.05) is 48.5 Å². The first-order valence-electron chi connectivity index (χ1n) is 10.5. The number of pyridine rings is 1. The van der Waals surface area contributed by atoms with E-state index in [2.05, 4.69) is 33.4 Å². The number of methoxy groups -OCH3 is 1. The number of carbonyl (C=O) groups excluding carboxylic acids is 1. The quantitative estimate of drug-likeness (QED) is 0.502. The summed E-state index contributed by atoms with van der Waals surface area (Å²) < 4.78 is 5.52. The molecular weight excluding hydrogens is 386 g/mol. The molecular formula is C26H25N3O2. The molecule has 5 rings (SSSR count). The highest BCUT2D eigenvalue weighted by Crippen LogP contribution is 2.36. The number of fused-ring (bicyclic) bond motifs is 2. The van der Waals surface area contributed by atoms with Gasteiger partial charge in [0.15, 0.2) is 0 Å². The number of aromatic nitrogens is 1. The molecule has 156 valence electrons. The van der Waals surface area contributed by atoms with E-state index in [0.717, 1.165) is 46.1 Å². The topological polar surface area (TPSA) is 54.5 Å². The summed E-state index contributed by atoms with van der Waals surface area (Å²) in [5.74, 6) is 0.876. The Hall–Kier alpha value is -3.44. The second kappa shape index (κ2) is 7.67. The monoisotopic (exact) mass is 411 g/mol. The van der Waals surface area contributed by atoms with Gasteiger partial charge in [-0.2, -0.15) is 0 Å². The minimum Gasteiger partial charge on any atom is -0.496 e. The van der Waals surface area contributed by atoms with Crippen molar-refractivity contribution < 1.29 is 9.53 Å². The van der Waals surface area contributed by atoms with E-state index in [4.69, 9.17) is 4.74 Å². The van der Waals surface area contributed by atoms with Crippen molar-refractivity contribution >= 4 is 33.3 Å². The van der Waals surface area contributed by atoms with Gasteiger partial charge >= 0.3 is 0 Å². The van der Waals surface area contributed by atoms with Crippen LogP contribution in [0.1, 0.15) is 18.9 Å². The number of hydrogen-bond acceptors (Lipinski definition) is 4. The number of rotatable bonds is 5. The number of ether oxygens (including phenoxy) is 1. The van der Waals surface area contributed by atoms with E-state index in [1.54, 1.807) is 13.3 Å². The lowest BCUT2D eigenvalue weighted by molar-refractivity contribution is -0.136. The van der Waals surface area contributed by atoms with Crippen molar-refractivity contribution in [3.63, 3.8) is 0 Å². The van der Waals surface area contributed by atoms with E-state index in [9.17, 15) is 4.79 Å². The molecule has 1 atom stereocenters. The fourth-order valence-corrected chi connectivity index (χ4v) is 4.38. The van der Waals surface area contributed by atoms with Gasteiger partial charge in [-0.3, -0.25) is 14.7 Å². The highest BCUT2D eigenvalue weighted by Gasteiger charge is 2.46. The molecule has 1 unspecified atom stereocenters.